The van der Waals surface area contributed by atoms with Crippen LogP contribution >= 0.6 is 11.8 Å². The van der Waals surface area contributed by atoms with Gasteiger partial charge in [0, 0.05) is 43.7 Å². The Morgan fingerprint density at radius 2 is 1.59 bits per heavy atom. The molecule has 5 rings (SSSR count). The quantitative estimate of drug-likeness (QED) is 0.366. The van der Waals surface area contributed by atoms with E-state index in [1.807, 2.05) is 0 Å². The Bertz CT molecular complexity index is 1610. The molecule has 1 N–H and O–H groups in total. The number of aromatic nitrogens is 2. The lowest BCUT2D eigenvalue weighted by Gasteiger charge is -2.75. The number of fused-ring (bicyclic) bond motifs is 1. The molecule has 0 spiro atoms. The molecule has 3 aliphatic heterocycles. The Morgan fingerprint density at radius 1 is 0.980 bits per heavy atom. The molecule has 3 fully saturated rings. The van der Waals surface area contributed by atoms with Gasteiger partial charge in [-0.1, -0.05) is 0 Å². The molecule has 51 heavy (non-hydrogen) atoms. The number of carbonyl (C=O) groups is 1. The summed E-state index contributed by atoms with van der Waals surface area (Å²) in [5.41, 5.74) is -1.23. The van der Waals surface area contributed by atoms with Crippen LogP contribution in [0, 0.1) is 11.7 Å². The van der Waals surface area contributed by atoms with Crippen molar-refractivity contribution < 1.29 is 23.4 Å². The zero-order valence-electron chi connectivity index (χ0n) is 29.5. The van der Waals surface area contributed by atoms with Gasteiger partial charge >= 0.3 is 6.09 Å². The van der Waals surface area contributed by atoms with Gasteiger partial charge in [0.2, 0.25) is 0 Å². The van der Waals surface area contributed by atoms with Crippen LogP contribution in [0.25, 0.3) is 10.9 Å². The highest BCUT2D eigenvalue weighted by Gasteiger charge is 2.62. The molecule has 254 valence electrons. The summed E-state index contributed by atoms with van der Waals surface area (Å²) in [5, 5.41) is -8.77. The van der Waals surface area contributed by atoms with Crippen molar-refractivity contribution in [2.75, 3.05) is 46.0 Å². The first kappa shape index (κ1) is 40.3. The second-order valence-corrected chi connectivity index (χ2v) is 16.1. The van der Waals surface area contributed by atoms with Gasteiger partial charge in [-0.2, -0.15) is 11.8 Å². The molecular weight excluding hydrogens is 660 g/mol. The number of halogens is 1. The molecule has 0 saturated carbocycles. The molecule has 0 atom stereocenters. The summed E-state index contributed by atoms with van der Waals surface area (Å²) in [6.07, 6.45) is 2.31. The maximum Gasteiger partial charge on any atom is 0.408 e. The van der Waals surface area contributed by atoms with Crippen molar-refractivity contribution in [2.24, 2.45) is 5.92 Å². The highest BCUT2D eigenvalue weighted by atomic mass is 32.2. The van der Waals surface area contributed by atoms with Crippen molar-refractivity contribution in [3.05, 3.63) is 34.1 Å². The Balaban J connectivity index is 1.17. The minimum atomic E-state index is -2.36. The van der Waals surface area contributed by atoms with Crippen molar-refractivity contribution in [3.8, 4) is 5.75 Å². The third-order valence-corrected chi connectivity index (χ3v) is 11.1. The summed E-state index contributed by atoms with van der Waals surface area (Å²) in [6, 6.07) is 2.82. The minimum Gasteiger partial charge on any atom is -0.493 e. The maximum atomic E-state index is 15.0. The molecule has 3 aliphatic rings. The number of H-pyrrole nitrogens is 1. The summed E-state index contributed by atoms with van der Waals surface area (Å²) < 4.78 is 31.9. The standard InChI is InChI=1S/C31H38B8FN5O5S/c1-27(2,3)50-26(47)45-30(36,37)28(32,33)44(29(34,35)31(45,38)39)11-10-43-8-4-18(5-9-43)16-49-19-14-21(40)24-22(15-19)41-23(42-25(24)46)17-51-20-6-12-48-13-7-20/h14-15,18,20H,4-13,16-17H2,1-3H3,(H,41,42,46). The van der Waals surface area contributed by atoms with Crippen molar-refractivity contribution in [1.82, 2.24) is 24.7 Å². The Morgan fingerprint density at radius 3 is 2.18 bits per heavy atom. The van der Waals surface area contributed by atoms with Gasteiger partial charge in [-0.15, -0.1) is 0 Å². The zero-order chi connectivity index (χ0) is 37.6. The van der Waals surface area contributed by atoms with Crippen LogP contribution in [0.3, 0.4) is 0 Å². The Labute approximate surface area is 314 Å². The second-order valence-electron chi connectivity index (χ2n) is 14.8. The smallest absolute Gasteiger partial charge is 0.408 e. The first-order chi connectivity index (χ1) is 23.6. The van der Waals surface area contributed by atoms with Crippen molar-refractivity contribution in [2.45, 2.75) is 84.4 Å². The van der Waals surface area contributed by atoms with Crippen LogP contribution < -0.4 is 10.3 Å². The van der Waals surface area contributed by atoms with Crippen LogP contribution in [0.5, 0.6) is 5.75 Å². The zero-order valence-corrected chi connectivity index (χ0v) is 30.3. The average molecular weight is 698 g/mol. The predicted molar refractivity (Wildman–Crippen MR) is 204 cm³/mol. The van der Waals surface area contributed by atoms with Crippen LogP contribution in [-0.4, -0.2) is 172 Å². The van der Waals surface area contributed by atoms with E-state index in [2.05, 4.69) is 14.9 Å². The van der Waals surface area contributed by atoms with Crippen LogP contribution in [0.15, 0.2) is 16.9 Å². The van der Waals surface area contributed by atoms with Gasteiger partial charge in [0.15, 0.2) is 0 Å². The van der Waals surface area contributed by atoms with E-state index < -0.39 is 44.4 Å². The molecule has 20 heteroatoms. The van der Waals surface area contributed by atoms with E-state index in [0.717, 1.165) is 38.9 Å². The fourth-order valence-electron chi connectivity index (χ4n) is 6.65. The summed E-state index contributed by atoms with van der Waals surface area (Å²) in [6.45, 7) is 8.44. The highest BCUT2D eigenvalue weighted by Crippen LogP contribution is 2.43. The van der Waals surface area contributed by atoms with E-state index >= 15 is 4.39 Å². The first-order valence-corrected chi connectivity index (χ1v) is 18.1. The number of ether oxygens (including phenoxy) is 3. The number of piperazine rings is 1. The monoisotopic (exact) mass is 699 g/mol. The van der Waals surface area contributed by atoms with Gasteiger partial charge in [0.1, 0.15) is 28.4 Å². The van der Waals surface area contributed by atoms with Gasteiger partial charge < -0.3 is 33.9 Å². The molecule has 0 unspecified atom stereocenters. The van der Waals surface area contributed by atoms with Gasteiger partial charge in [-0.05, 0) is 86.8 Å². The fourth-order valence-corrected chi connectivity index (χ4v) is 7.71. The molecule has 1 aromatic carbocycles. The number of hydrogen-bond acceptors (Lipinski definition) is 9. The minimum absolute atomic E-state index is 0.0493. The number of nitrogens with zero attached hydrogens (tertiary/aromatic N) is 4. The third kappa shape index (κ3) is 8.44. The van der Waals surface area contributed by atoms with Gasteiger partial charge in [-0.3, -0.25) is 4.79 Å². The molecule has 10 nitrogen and oxygen atoms in total. The van der Waals surface area contributed by atoms with E-state index in [9.17, 15) is 9.59 Å². The molecule has 2 aromatic rings. The molecule has 0 bridgehead atoms. The molecule has 16 radical (unpaired) electrons. The number of aromatic amines is 1. The normalized spacial score (nSPS) is 22.9. The fraction of sp³-hybridized carbons (Fsp3) is 0.710. The number of carbonyl (C=O) groups excluding carboxylic acids is 1. The van der Waals surface area contributed by atoms with E-state index in [0.29, 0.717) is 53.7 Å². The largest absolute Gasteiger partial charge is 0.493 e. The van der Waals surface area contributed by atoms with Crippen LogP contribution in [0.4, 0.5) is 9.18 Å². The van der Waals surface area contributed by atoms with Crippen molar-refractivity contribution in [3.63, 3.8) is 0 Å². The molecule has 3 saturated heterocycles. The summed E-state index contributed by atoms with van der Waals surface area (Å²) in [5.74, 6) is 0.789. The SMILES string of the molecule is [B]C1([B])N(CCN2CCC(COc3cc(F)c4c(=O)[nH]c(CSC5CCOCC5)nc4c3)CC2)C([B])([B])C([B])([B])N(C(=O)OC(C)(C)C)C1([B])[B]. The number of likely N-dealkylation sites (tertiary alicyclic amines) is 1. The number of amides is 1. The number of benzene rings is 1. The van der Waals surface area contributed by atoms with E-state index in [1.165, 1.54) is 11.0 Å². The maximum absolute atomic E-state index is 15.0. The summed E-state index contributed by atoms with van der Waals surface area (Å²) >= 11 is 1.71. The van der Waals surface area contributed by atoms with Gasteiger partial charge in [0.05, 0.1) is 80.6 Å². The Hall–Kier alpha value is -1.89. The van der Waals surface area contributed by atoms with Gasteiger partial charge in [0.25, 0.3) is 5.56 Å². The number of nitrogens with one attached hydrogen (secondary N) is 1. The lowest BCUT2D eigenvalue weighted by Crippen LogP contribution is -2.92. The van der Waals surface area contributed by atoms with E-state index in [4.69, 9.17) is 77.0 Å². The summed E-state index contributed by atoms with van der Waals surface area (Å²) in [4.78, 5) is 37.1. The van der Waals surface area contributed by atoms with Crippen molar-refractivity contribution in [1.29, 1.82) is 0 Å². The molecule has 4 heterocycles. The lowest BCUT2D eigenvalue weighted by molar-refractivity contribution is -0.0435. The van der Waals surface area contributed by atoms with E-state index in [-0.39, 0.29) is 23.4 Å². The number of thioether (sulfide) groups is 1. The Kier molecular flexibility index (Phi) is 11.9. The third-order valence-electron chi connectivity index (χ3n) is 9.73. The molecule has 1 aromatic heterocycles. The van der Waals surface area contributed by atoms with Crippen LogP contribution in [0.1, 0.15) is 52.3 Å². The average Bonchev–Trinajstić information content (AvgIpc) is 3.01. The first-order valence-electron chi connectivity index (χ1n) is 17.0. The van der Waals surface area contributed by atoms with Crippen LogP contribution in [-0.2, 0) is 15.2 Å². The number of rotatable bonds is 9. The van der Waals surface area contributed by atoms with Gasteiger partial charge in [-0.25, -0.2) is 14.2 Å². The summed E-state index contributed by atoms with van der Waals surface area (Å²) in [7, 11) is 51.4. The molecule has 1 amide bonds. The molecule has 0 aliphatic carbocycles. The molecular formula is C31H38B8FN5O5S. The number of piperidine rings is 1. The topological polar surface area (TPSA) is 100 Å². The van der Waals surface area contributed by atoms with E-state index in [1.54, 1.807) is 38.6 Å². The number of hydrogen-bond donors (Lipinski definition) is 1. The highest BCUT2D eigenvalue weighted by molar-refractivity contribution is 7.99. The van der Waals surface area contributed by atoms with Crippen LogP contribution in [0.2, 0.25) is 0 Å². The predicted octanol–water partition coefficient (Wildman–Crippen LogP) is 0.0811. The lowest BCUT2D eigenvalue weighted by atomic mass is 9.26. The van der Waals surface area contributed by atoms with Crippen molar-refractivity contribution >= 4 is 91.5 Å². The second kappa shape index (κ2) is 15.1.